The van der Waals surface area contributed by atoms with Gasteiger partial charge in [-0.3, -0.25) is 9.78 Å². The van der Waals surface area contributed by atoms with Gasteiger partial charge >= 0.3 is 0 Å². The summed E-state index contributed by atoms with van der Waals surface area (Å²) in [5.41, 5.74) is 2.53. The van der Waals surface area contributed by atoms with E-state index >= 15 is 0 Å². The van der Waals surface area contributed by atoms with Crippen LogP contribution in [-0.4, -0.2) is 30.7 Å². The lowest BCUT2D eigenvalue weighted by Gasteiger charge is -2.14. The molecule has 5 nitrogen and oxygen atoms in total. The molecule has 2 aromatic rings. The molecule has 0 aliphatic heterocycles. The number of H-pyrrole nitrogens is 1. The van der Waals surface area contributed by atoms with E-state index < -0.39 is 0 Å². The second-order valence-electron chi connectivity index (χ2n) is 5.49. The summed E-state index contributed by atoms with van der Waals surface area (Å²) in [4.78, 5) is 21.5. The van der Waals surface area contributed by atoms with Gasteiger partial charge in [-0.25, -0.2) is 4.98 Å². The number of hydrogen-bond donors (Lipinski definition) is 1. The normalized spacial score (nSPS) is 10.4. The second-order valence-corrected chi connectivity index (χ2v) is 5.49. The molecule has 0 aliphatic rings. The van der Waals surface area contributed by atoms with Gasteiger partial charge in [-0.05, 0) is 24.1 Å². The predicted octanol–water partition coefficient (Wildman–Crippen LogP) is 2.55. The topological polar surface area (TPSA) is 58.2 Å². The third-order valence-electron chi connectivity index (χ3n) is 3.50. The van der Waals surface area contributed by atoms with Crippen LogP contribution in [0.15, 0.2) is 41.7 Å². The third kappa shape index (κ3) is 4.22. The Balaban J connectivity index is 2.35. The van der Waals surface area contributed by atoms with Gasteiger partial charge in [-0.1, -0.05) is 31.7 Å². The summed E-state index contributed by atoms with van der Waals surface area (Å²) in [7, 11) is 3.72. The molecule has 1 aromatic heterocycles. The second kappa shape index (κ2) is 7.63. The zero-order valence-corrected chi connectivity index (χ0v) is 13.9. The van der Waals surface area contributed by atoms with Crippen LogP contribution < -0.4 is 15.2 Å². The van der Waals surface area contributed by atoms with Gasteiger partial charge in [0.25, 0.3) is 5.56 Å². The molecule has 5 heteroatoms. The Morgan fingerprint density at radius 1 is 1.39 bits per heavy atom. The molecule has 0 radical (unpaired) electrons. The van der Waals surface area contributed by atoms with Crippen LogP contribution in [-0.2, 0) is 12.8 Å². The Labute approximate surface area is 136 Å². The van der Waals surface area contributed by atoms with Crippen molar-refractivity contribution in [2.75, 3.05) is 25.6 Å². The summed E-state index contributed by atoms with van der Waals surface area (Å²) in [5.74, 6) is 1.36. The molecule has 0 atom stereocenters. The fraction of sp³-hybridized carbons (Fsp3) is 0.333. The van der Waals surface area contributed by atoms with Crippen molar-refractivity contribution in [2.24, 2.45) is 0 Å². The van der Waals surface area contributed by atoms with Crippen LogP contribution in [0.1, 0.15) is 23.7 Å². The van der Waals surface area contributed by atoms with E-state index in [0.29, 0.717) is 25.4 Å². The molecular weight excluding hydrogens is 290 g/mol. The van der Waals surface area contributed by atoms with Crippen LogP contribution in [0.2, 0.25) is 0 Å². The molecule has 0 saturated carbocycles. The van der Waals surface area contributed by atoms with Gasteiger partial charge in [0.2, 0.25) is 5.95 Å². The predicted molar refractivity (Wildman–Crippen MR) is 93.5 cm³/mol. The van der Waals surface area contributed by atoms with Gasteiger partial charge in [0, 0.05) is 26.1 Å². The number of aromatic nitrogens is 2. The Morgan fingerprint density at radius 2 is 2.17 bits per heavy atom. The van der Waals surface area contributed by atoms with Crippen LogP contribution in [0.5, 0.6) is 5.75 Å². The van der Waals surface area contributed by atoms with Crippen molar-refractivity contribution in [1.82, 2.24) is 9.97 Å². The molecule has 1 aromatic carbocycles. The molecule has 122 valence electrons. The highest BCUT2D eigenvalue weighted by atomic mass is 16.5. The first-order chi connectivity index (χ1) is 11.0. The third-order valence-corrected chi connectivity index (χ3v) is 3.50. The molecule has 1 N–H and O–H groups in total. The van der Waals surface area contributed by atoms with E-state index in [2.05, 4.69) is 16.5 Å². The molecule has 0 aliphatic carbocycles. The Morgan fingerprint density at radius 3 is 2.83 bits per heavy atom. The van der Waals surface area contributed by atoms with Gasteiger partial charge < -0.3 is 9.64 Å². The van der Waals surface area contributed by atoms with Crippen molar-refractivity contribution in [1.29, 1.82) is 0 Å². The monoisotopic (exact) mass is 313 g/mol. The van der Waals surface area contributed by atoms with Gasteiger partial charge in [-0.15, -0.1) is 0 Å². The van der Waals surface area contributed by atoms with Crippen molar-refractivity contribution in [2.45, 2.75) is 19.8 Å². The Hall–Kier alpha value is -2.56. The lowest BCUT2D eigenvalue weighted by molar-refractivity contribution is 0.363. The largest absolute Gasteiger partial charge is 0.490 e. The zero-order chi connectivity index (χ0) is 16.8. The molecule has 0 fully saturated rings. The molecular formula is C18H23N3O2. The van der Waals surface area contributed by atoms with E-state index in [0.717, 1.165) is 22.6 Å². The summed E-state index contributed by atoms with van der Waals surface area (Å²) in [5, 5.41) is 0. The quantitative estimate of drug-likeness (QED) is 0.798. The first-order valence-electron chi connectivity index (χ1n) is 7.67. The molecule has 1 heterocycles. The number of nitrogens with one attached hydrogen (secondary N) is 1. The van der Waals surface area contributed by atoms with Crippen molar-refractivity contribution in [3.8, 4) is 5.75 Å². The van der Waals surface area contributed by atoms with Crippen molar-refractivity contribution in [3.63, 3.8) is 0 Å². The molecule has 0 unspecified atom stereocenters. The smallest absolute Gasteiger partial charge is 0.255 e. The minimum Gasteiger partial charge on any atom is -0.490 e. The van der Waals surface area contributed by atoms with E-state index in [-0.39, 0.29) is 5.56 Å². The van der Waals surface area contributed by atoms with E-state index in [1.165, 1.54) is 0 Å². The van der Waals surface area contributed by atoms with Crippen LogP contribution in [0.25, 0.3) is 0 Å². The van der Waals surface area contributed by atoms with Crippen LogP contribution >= 0.6 is 0 Å². The minimum atomic E-state index is -0.0692. The SMILES string of the molecule is C=CCOc1cccc(Cc2nc(N(C)C)[nH]c(=O)c2CC)c1. The van der Waals surface area contributed by atoms with E-state index in [9.17, 15) is 4.79 Å². The average Bonchev–Trinajstić information content (AvgIpc) is 2.53. The van der Waals surface area contributed by atoms with Gasteiger partial charge in [0.1, 0.15) is 12.4 Å². The summed E-state index contributed by atoms with van der Waals surface area (Å²) in [6, 6.07) is 7.84. The standard InChI is InChI=1S/C18H23N3O2/c1-5-10-23-14-9-7-8-13(11-14)12-16-15(6-2)17(22)20-18(19-16)21(3)4/h5,7-9,11H,1,6,10,12H2,2-4H3,(H,19,20,22). The maximum Gasteiger partial charge on any atom is 0.255 e. The highest BCUT2D eigenvalue weighted by Gasteiger charge is 2.12. The number of hydrogen-bond acceptors (Lipinski definition) is 4. The first kappa shape index (κ1) is 16.8. The molecule has 0 saturated heterocycles. The van der Waals surface area contributed by atoms with Crippen molar-refractivity contribution < 1.29 is 4.74 Å². The number of anilines is 1. The molecule has 2 rings (SSSR count). The first-order valence-corrected chi connectivity index (χ1v) is 7.67. The van der Waals surface area contributed by atoms with E-state index in [1.54, 1.807) is 11.0 Å². The molecule has 0 amide bonds. The fourth-order valence-corrected chi connectivity index (χ4v) is 2.35. The van der Waals surface area contributed by atoms with Gasteiger partial charge in [0.15, 0.2) is 0 Å². The number of rotatable bonds is 7. The fourth-order valence-electron chi connectivity index (χ4n) is 2.35. The van der Waals surface area contributed by atoms with Crippen LogP contribution in [0.4, 0.5) is 5.95 Å². The summed E-state index contributed by atoms with van der Waals surface area (Å²) in [6.07, 6.45) is 2.96. The summed E-state index contributed by atoms with van der Waals surface area (Å²) >= 11 is 0. The molecule has 23 heavy (non-hydrogen) atoms. The highest BCUT2D eigenvalue weighted by molar-refractivity contribution is 5.36. The van der Waals surface area contributed by atoms with Crippen molar-refractivity contribution in [3.05, 3.63) is 64.1 Å². The van der Waals surface area contributed by atoms with Crippen LogP contribution in [0.3, 0.4) is 0 Å². The minimum absolute atomic E-state index is 0.0692. The van der Waals surface area contributed by atoms with Crippen LogP contribution in [0, 0.1) is 0 Å². The van der Waals surface area contributed by atoms with Gasteiger partial charge in [-0.2, -0.15) is 0 Å². The lowest BCUT2D eigenvalue weighted by atomic mass is 10.0. The average molecular weight is 313 g/mol. The number of aromatic amines is 1. The highest BCUT2D eigenvalue weighted by Crippen LogP contribution is 2.18. The van der Waals surface area contributed by atoms with Crippen molar-refractivity contribution >= 4 is 5.95 Å². The number of benzene rings is 1. The Kier molecular flexibility index (Phi) is 5.57. The van der Waals surface area contributed by atoms with E-state index in [1.807, 2.05) is 45.3 Å². The summed E-state index contributed by atoms with van der Waals surface area (Å²) < 4.78 is 5.56. The Bertz CT molecular complexity index is 735. The molecule has 0 spiro atoms. The number of ether oxygens (including phenoxy) is 1. The summed E-state index contributed by atoms with van der Waals surface area (Å²) in [6.45, 7) is 6.08. The molecule has 0 bridgehead atoms. The van der Waals surface area contributed by atoms with E-state index in [4.69, 9.17) is 4.74 Å². The zero-order valence-electron chi connectivity index (χ0n) is 13.9. The maximum atomic E-state index is 12.2. The van der Waals surface area contributed by atoms with Gasteiger partial charge in [0.05, 0.1) is 5.69 Å². The maximum absolute atomic E-state index is 12.2. The lowest BCUT2D eigenvalue weighted by Crippen LogP contribution is -2.23. The number of nitrogens with zero attached hydrogens (tertiary/aromatic N) is 2.